The number of anilines is 1. The molecule has 46 heavy (non-hydrogen) atoms. The molecule has 244 valence electrons. The molecule has 0 aliphatic carbocycles. The van der Waals surface area contributed by atoms with Crippen LogP contribution in [0.15, 0.2) is 57.9 Å². The quantitative estimate of drug-likeness (QED) is 0.339. The lowest BCUT2D eigenvalue weighted by Gasteiger charge is -2.37. The first-order chi connectivity index (χ1) is 22.1. The van der Waals surface area contributed by atoms with Crippen molar-refractivity contribution in [3.05, 3.63) is 86.0 Å². The second-order valence-electron chi connectivity index (χ2n) is 12.8. The second-order valence-corrected chi connectivity index (χ2v) is 13.6. The Kier molecular flexibility index (Phi) is 9.86. The monoisotopic (exact) mass is 694 g/mol. The third kappa shape index (κ3) is 7.50. The van der Waals surface area contributed by atoms with Crippen LogP contribution in [0, 0.1) is 5.82 Å². The van der Waals surface area contributed by atoms with Crippen LogP contribution < -0.4 is 20.9 Å². The average molecular weight is 696 g/mol. The van der Waals surface area contributed by atoms with Gasteiger partial charge in [-0.2, -0.15) is 5.10 Å². The lowest BCUT2D eigenvalue weighted by Crippen LogP contribution is -2.43. The van der Waals surface area contributed by atoms with Crippen molar-refractivity contribution >= 4 is 33.4 Å². The van der Waals surface area contributed by atoms with Crippen LogP contribution in [0.5, 0.6) is 5.75 Å². The molecule has 3 aliphatic rings. The zero-order valence-corrected chi connectivity index (χ0v) is 27.8. The highest BCUT2D eigenvalue weighted by molar-refractivity contribution is 9.10. The first-order valence-corrected chi connectivity index (χ1v) is 16.7. The van der Waals surface area contributed by atoms with Gasteiger partial charge in [-0.05, 0) is 83.4 Å². The van der Waals surface area contributed by atoms with Gasteiger partial charge in [0.1, 0.15) is 10.6 Å². The zero-order valence-electron chi connectivity index (χ0n) is 26.2. The summed E-state index contributed by atoms with van der Waals surface area (Å²) in [5.41, 5.74) is 3.69. The normalized spacial score (nSPS) is 23.3. The molecule has 2 amide bonds. The fourth-order valence-electron chi connectivity index (χ4n) is 6.86. The van der Waals surface area contributed by atoms with E-state index in [9.17, 15) is 18.8 Å². The number of aromatic nitrogens is 2. The molecule has 3 aliphatic heterocycles. The van der Waals surface area contributed by atoms with Crippen LogP contribution in [0.4, 0.5) is 10.1 Å². The van der Waals surface area contributed by atoms with Gasteiger partial charge in [0.05, 0.1) is 17.8 Å². The van der Waals surface area contributed by atoms with Crippen LogP contribution in [-0.4, -0.2) is 76.8 Å². The molecule has 0 spiro atoms. The van der Waals surface area contributed by atoms with E-state index in [2.05, 4.69) is 72.8 Å². The highest BCUT2D eigenvalue weighted by Gasteiger charge is 2.30. The summed E-state index contributed by atoms with van der Waals surface area (Å²) < 4.78 is 22.8. The number of benzene rings is 2. The number of halogens is 2. The van der Waals surface area contributed by atoms with E-state index in [4.69, 9.17) is 4.74 Å². The van der Waals surface area contributed by atoms with Gasteiger partial charge in [-0.25, -0.2) is 9.07 Å². The minimum absolute atomic E-state index is 0.0743. The molecule has 2 aromatic carbocycles. The lowest BCUT2D eigenvalue weighted by atomic mass is 9.87. The van der Waals surface area contributed by atoms with E-state index >= 15 is 0 Å². The topological polar surface area (TPSA) is 109 Å². The highest BCUT2D eigenvalue weighted by atomic mass is 79.9. The molecule has 4 heterocycles. The molecule has 0 saturated carbocycles. The maximum absolute atomic E-state index is 14.9. The summed E-state index contributed by atoms with van der Waals surface area (Å²) in [5, 5.41) is 10.0. The first-order valence-electron chi connectivity index (χ1n) is 15.9. The van der Waals surface area contributed by atoms with Gasteiger partial charge < -0.3 is 15.0 Å². The molecule has 3 saturated heterocycles. The number of likely N-dealkylation sites (N-methyl/N-ethyl adjacent to an activating group) is 1. The molecule has 3 aromatic rings. The number of imide groups is 1. The van der Waals surface area contributed by atoms with Gasteiger partial charge in [0.2, 0.25) is 11.8 Å². The molecule has 0 bridgehead atoms. The summed E-state index contributed by atoms with van der Waals surface area (Å²) in [6, 6.07) is 13.8. The van der Waals surface area contributed by atoms with E-state index in [1.165, 1.54) is 21.9 Å². The molecule has 2 unspecified atom stereocenters. The number of nitrogens with one attached hydrogen (secondary N) is 2. The van der Waals surface area contributed by atoms with Crippen LogP contribution in [-0.2, 0) is 23.2 Å². The number of hydrogen-bond acceptors (Lipinski definition) is 8. The number of rotatable bonds is 8. The van der Waals surface area contributed by atoms with Gasteiger partial charge in [-0.1, -0.05) is 30.3 Å². The van der Waals surface area contributed by atoms with Crippen molar-refractivity contribution in [2.24, 2.45) is 7.05 Å². The second kappa shape index (κ2) is 14.0. The maximum atomic E-state index is 14.9. The van der Waals surface area contributed by atoms with Crippen molar-refractivity contribution in [3.63, 3.8) is 0 Å². The third-order valence-corrected chi connectivity index (χ3v) is 10.1. The summed E-state index contributed by atoms with van der Waals surface area (Å²) in [5.74, 6) is -1.09. The summed E-state index contributed by atoms with van der Waals surface area (Å²) in [6.45, 7) is 4.42. The SMILES string of the molecule is CN1CC(Nc2cnn(C)c(=O)c2Br)C[C@H](c2ccc(CN3CCC(Oc4ccc(C5CCC(=O)NC5=O)cc4F)CC3)cc2)C1. The van der Waals surface area contributed by atoms with Crippen LogP contribution in [0.1, 0.15) is 60.6 Å². The first kappa shape index (κ1) is 32.3. The Morgan fingerprint density at radius 2 is 1.76 bits per heavy atom. The van der Waals surface area contributed by atoms with Crippen molar-refractivity contribution in [1.82, 2.24) is 24.9 Å². The van der Waals surface area contributed by atoms with Crippen LogP contribution in [0.3, 0.4) is 0 Å². The average Bonchev–Trinajstić information content (AvgIpc) is 3.03. The Morgan fingerprint density at radius 3 is 2.48 bits per heavy atom. The summed E-state index contributed by atoms with van der Waals surface area (Å²) >= 11 is 3.43. The number of hydrogen-bond donors (Lipinski definition) is 2. The highest BCUT2D eigenvalue weighted by Crippen LogP contribution is 2.31. The zero-order chi connectivity index (χ0) is 32.4. The fraction of sp³-hybridized carbons (Fsp3) is 0.471. The molecule has 2 N–H and O–H groups in total. The number of amides is 2. The molecular weight excluding hydrogens is 655 g/mol. The Balaban J connectivity index is 0.988. The largest absolute Gasteiger partial charge is 0.487 e. The van der Waals surface area contributed by atoms with Crippen molar-refractivity contribution in [2.75, 3.05) is 38.5 Å². The van der Waals surface area contributed by atoms with Crippen molar-refractivity contribution in [1.29, 1.82) is 0 Å². The van der Waals surface area contributed by atoms with E-state index in [-0.39, 0.29) is 41.7 Å². The Morgan fingerprint density at radius 1 is 1.02 bits per heavy atom. The van der Waals surface area contributed by atoms with Gasteiger partial charge in [0.25, 0.3) is 5.56 Å². The number of aryl methyl sites for hydroxylation is 1. The molecular formula is C34H40BrFN6O4. The smallest absolute Gasteiger partial charge is 0.282 e. The van der Waals surface area contributed by atoms with Gasteiger partial charge in [0, 0.05) is 52.2 Å². The molecule has 6 rings (SSSR count). The standard InChI is InChI=1S/C34H40BrFN6O4/c1-40-19-24(15-25(20-40)38-29-17-37-41(2)34(45)32(29)35)22-5-3-21(4-6-22)18-42-13-11-26(12-14-42)46-30-9-7-23(16-28(30)36)27-8-10-31(43)39-33(27)44/h3-7,9,16-17,24-27,38H,8,10-15,18-20H2,1-2H3,(H,39,43,44)/t24-,25?,27?/m0/s1. The molecule has 3 atom stereocenters. The van der Waals surface area contributed by atoms with E-state index in [0.717, 1.165) is 57.7 Å². The van der Waals surface area contributed by atoms with E-state index in [1.807, 2.05) is 0 Å². The van der Waals surface area contributed by atoms with Gasteiger partial charge in [-0.15, -0.1) is 0 Å². The van der Waals surface area contributed by atoms with E-state index < -0.39 is 11.7 Å². The van der Waals surface area contributed by atoms with Crippen LogP contribution in [0.2, 0.25) is 0 Å². The lowest BCUT2D eigenvalue weighted by molar-refractivity contribution is -0.134. The Hall–Kier alpha value is -3.61. The Bertz CT molecular complexity index is 1640. The van der Waals surface area contributed by atoms with Crippen molar-refractivity contribution < 1.29 is 18.7 Å². The molecule has 10 nitrogen and oxygen atoms in total. The fourth-order valence-corrected chi connectivity index (χ4v) is 7.33. The van der Waals surface area contributed by atoms with Crippen LogP contribution >= 0.6 is 15.9 Å². The Labute approximate surface area is 276 Å². The number of carbonyl (C=O) groups is 2. The molecule has 1 aromatic heterocycles. The molecule has 12 heteroatoms. The van der Waals surface area contributed by atoms with Crippen LogP contribution in [0.25, 0.3) is 0 Å². The van der Waals surface area contributed by atoms with Gasteiger partial charge in [-0.3, -0.25) is 24.6 Å². The van der Waals surface area contributed by atoms with Crippen molar-refractivity contribution in [2.45, 2.75) is 62.6 Å². The summed E-state index contributed by atoms with van der Waals surface area (Å²) in [4.78, 5) is 40.6. The maximum Gasteiger partial charge on any atom is 0.282 e. The van der Waals surface area contributed by atoms with Gasteiger partial charge in [0.15, 0.2) is 11.6 Å². The van der Waals surface area contributed by atoms with E-state index in [0.29, 0.717) is 22.4 Å². The number of likely N-dealkylation sites (tertiary alicyclic amines) is 2. The minimum atomic E-state index is -0.519. The predicted molar refractivity (Wildman–Crippen MR) is 176 cm³/mol. The van der Waals surface area contributed by atoms with Crippen molar-refractivity contribution in [3.8, 4) is 5.75 Å². The van der Waals surface area contributed by atoms with Gasteiger partial charge >= 0.3 is 0 Å². The molecule has 0 radical (unpaired) electrons. The van der Waals surface area contributed by atoms with E-state index in [1.54, 1.807) is 25.4 Å². The number of nitrogens with zero attached hydrogens (tertiary/aromatic N) is 4. The summed E-state index contributed by atoms with van der Waals surface area (Å²) in [7, 11) is 3.77. The third-order valence-electron chi connectivity index (χ3n) is 9.35. The minimum Gasteiger partial charge on any atom is -0.487 e. The molecule has 3 fully saturated rings. The summed E-state index contributed by atoms with van der Waals surface area (Å²) in [6.07, 6.45) is 4.82. The number of ether oxygens (including phenoxy) is 1. The predicted octanol–water partition coefficient (Wildman–Crippen LogP) is 4.15. The number of piperidine rings is 3. The number of carbonyl (C=O) groups excluding carboxylic acids is 2.